The van der Waals surface area contributed by atoms with Crippen molar-refractivity contribution < 1.29 is 4.79 Å². The maximum atomic E-state index is 11.9. The van der Waals surface area contributed by atoms with Crippen LogP contribution in [0.3, 0.4) is 0 Å². The maximum Gasteiger partial charge on any atom is 0.323 e. The maximum absolute atomic E-state index is 11.9. The van der Waals surface area contributed by atoms with E-state index in [1.165, 1.54) is 0 Å². The smallest absolute Gasteiger partial charge is 0.323 e. The van der Waals surface area contributed by atoms with Crippen molar-refractivity contribution in [1.82, 2.24) is 20.6 Å². The topological polar surface area (TPSA) is 89.8 Å². The lowest BCUT2D eigenvalue weighted by molar-refractivity contribution is -0.123. The second kappa shape index (κ2) is 5.37. The Hall–Kier alpha value is -2.08. The first-order valence-electron chi connectivity index (χ1n) is 7.31. The fraction of sp³-hybridized carbons (Fsp3) is 0.467. The van der Waals surface area contributed by atoms with Crippen molar-refractivity contribution in [2.45, 2.75) is 44.8 Å². The number of hydrogen-bond acceptors (Lipinski definition) is 3. The predicted octanol–water partition coefficient (Wildman–Crippen LogP) is 1.17. The molecule has 2 unspecified atom stereocenters. The number of fused-ring (bicyclic) bond motifs is 1. The Morgan fingerprint density at radius 1 is 1.24 bits per heavy atom. The zero-order chi connectivity index (χ0) is 15.0. The number of benzene rings is 1. The quantitative estimate of drug-likeness (QED) is 0.666. The first kappa shape index (κ1) is 13.9. The van der Waals surface area contributed by atoms with E-state index < -0.39 is 0 Å². The van der Waals surface area contributed by atoms with Gasteiger partial charge in [0.15, 0.2) is 0 Å². The monoisotopic (exact) mass is 288 g/mol. The lowest BCUT2D eigenvalue weighted by atomic mass is 10.1. The summed E-state index contributed by atoms with van der Waals surface area (Å²) in [5, 5.41) is 6.28. The second-order valence-corrected chi connectivity index (χ2v) is 5.78. The van der Waals surface area contributed by atoms with Crippen molar-refractivity contribution in [2.24, 2.45) is 0 Å². The van der Waals surface area contributed by atoms with Gasteiger partial charge < -0.3 is 15.3 Å². The molecule has 0 radical (unpaired) electrons. The highest BCUT2D eigenvalue weighted by Gasteiger charge is 2.26. The van der Waals surface area contributed by atoms with Gasteiger partial charge in [-0.2, -0.15) is 0 Å². The molecule has 1 amide bonds. The number of carbonyl (C=O) groups is 1. The number of amides is 1. The molecule has 1 fully saturated rings. The molecule has 0 saturated heterocycles. The molecule has 2 aromatic rings. The van der Waals surface area contributed by atoms with Crippen LogP contribution in [-0.2, 0) is 4.79 Å². The van der Waals surface area contributed by atoms with E-state index in [2.05, 4.69) is 20.6 Å². The van der Waals surface area contributed by atoms with Crippen LogP contribution >= 0.6 is 0 Å². The molecular formula is C15H20N4O2. The Morgan fingerprint density at radius 3 is 2.67 bits per heavy atom. The standard InChI is InChI=1S/C15H20N4O2/c1-8(16-9(2)14(20)17-11-4-5-11)10-3-6-12-13(7-10)19-15(21)18-12/h3,6-9,11,16H,4-5H2,1-2H3,(H,17,20)(H2,18,19,21). The molecule has 0 spiro atoms. The normalized spacial score (nSPS) is 17.6. The Morgan fingerprint density at radius 2 is 1.95 bits per heavy atom. The number of carbonyl (C=O) groups excluding carboxylic acids is 1. The highest BCUT2D eigenvalue weighted by atomic mass is 16.2. The van der Waals surface area contributed by atoms with E-state index >= 15 is 0 Å². The van der Waals surface area contributed by atoms with Crippen LogP contribution in [0, 0.1) is 0 Å². The predicted molar refractivity (Wildman–Crippen MR) is 81.1 cm³/mol. The summed E-state index contributed by atoms with van der Waals surface area (Å²) in [4.78, 5) is 28.7. The lowest BCUT2D eigenvalue weighted by Crippen LogP contribution is -2.43. The summed E-state index contributed by atoms with van der Waals surface area (Å²) in [6.45, 7) is 3.87. The summed E-state index contributed by atoms with van der Waals surface area (Å²) >= 11 is 0. The molecule has 1 aromatic carbocycles. The Kier molecular flexibility index (Phi) is 3.55. The van der Waals surface area contributed by atoms with Crippen LogP contribution in [0.1, 0.15) is 38.3 Å². The minimum atomic E-state index is -0.249. The van der Waals surface area contributed by atoms with Gasteiger partial charge in [0.25, 0.3) is 0 Å². The fourth-order valence-corrected chi connectivity index (χ4v) is 2.42. The molecular weight excluding hydrogens is 268 g/mol. The van der Waals surface area contributed by atoms with Gasteiger partial charge in [0.05, 0.1) is 17.1 Å². The molecule has 0 bridgehead atoms. The third kappa shape index (κ3) is 3.16. The molecule has 0 aliphatic heterocycles. The number of hydrogen-bond donors (Lipinski definition) is 4. The Labute approximate surface area is 122 Å². The molecule has 2 atom stereocenters. The van der Waals surface area contributed by atoms with Crippen molar-refractivity contribution in [3.8, 4) is 0 Å². The van der Waals surface area contributed by atoms with E-state index in [9.17, 15) is 9.59 Å². The minimum Gasteiger partial charge on any atom is -0.352 e. The van der Waals surface area contributed by atoms with Crippen LogP contribution in [0.2, 0.25) is 0 Å². The number of rotatable bonds is 5. The summed E-state index contributed by atoms with van der Waals surface area (Å²) in [6, 6.07) is 5.90. The van der Waals surface area contributed by atoms with Gasteiger partial charge in [0.2, 0.25) is 5.91 Å². The minimum absolute atomic E-state index is 0.0211. The van der Waals surface area contributed by atoms with E-state index in [0.717, 1.165) is 29.4 Å². The Bertz CT molecular complexity index is 714. The van der Waals surface area contributed by atoms with Crippen molar-refractivity contribution in [3.05, 3.63) is 34.2 Å². The van der Waals surface area contributed by atoms with E-state index in [1.807, 2.05) is 32.0 Å². The fourth-order valence-electron chi connectivity index (χ4n) is 2.42. The molecule has 1 heterocycles. The average molecular weight is 288 g/mol. The van der Waals surface area contributed by atoms with Gasteiger partial charge in [-0.15, -0.1) is 0 Å². The second-order valence-electron chi connectivity index (χ2n) is 5.78. The highest BCUT2D eigenvalue weighted by Crippen LogP contribution is 2.20. The summed E-state index contributed by atoms with van der Waals surface area (Å²) < 4.78 is 0. The molecule has 112 valence electrons. The van der Waals surface area contributed by atoms with E-state index in [1.54, 1.807) is 0 Å². The zero-order valence-electron chi connectivity index (χ0n) is 12.2. The number of aromatic amines is 2. The first-order chi connectivity index (χ1) is 10.0. The van der Waals surface area contributed by atoms with Gasteiger partial charge in [-0.25, -0.2) is 4.79 Å². The average Bonchev–Trinajstić information content (AvgIpc) is 3.16. The number of nitrogens with one attached hydrogen (secondary N) is 4. The summed E-state index contributed by atoms with van der Waals surface area (Å²) in [7, 11) is 0. The molecule has 6 nitrogen and oxygen atoms in total. The van der Waals surface area contributed by atoms with Crippen LogP contribution in [0.4, 0.5) is 0 Å². The molecule has 6 heteroatoms. The third-order valence-electron chi connectivity index (χ3n) is 3.86. The van der Waals surface area contributed by atoms with Crippen LogP contribution in [0.5, 0.6) is 0 Å². The van der Waals surface area contributed by atoms with Gasteiger partial charge in [0, 0.05) is 12.1 Å². The van der Waals surface area contributed by atoms with Gasteiger partial charge in [0.1, 0.15) is 0 Å². The summed E-state index contributed by atoms with van der Waals surface area (Å²) in [5.74, 6) is 0.0421. The van der Waals surface area contributed by atoms with Crippen LogP contribution in [0.15, 0.2) is 23.0 Å². The van der Waals surface area contributed by atoms with Gasteiger partial charge in [-0.3, -0.25) is 10.1 Å². The molecule has 4 N–H and O–H groups in total. The van der Waals surface area contributed by atoms with Crippen LogP contribution in [0.25, 0.3) is 11.0 Å². The molecule has 3 rings (SSSR count). The first-order valence-corrected chi connectivity index (χ1v) is 7.31. The van der Waals surface area contributed by atoms with Crippen molar-refractivity contribution >= 4 is 16.9 Å². The molecule has 1 saturated carbocycles. The molecule has 1 aromatic heterocycles. The van der Waals surface area contributed by atoms with Crippen LogP contribution in [-0.4, -0.2) is 28.0 Å². The highest BCUT2D eigenvalue weighted by molar-refractivity contribution is 5.82. The number of imidazole rings is 1. The van der Waals surface area contributed by atoms with Crippen LogP contribution < -0.4 is 16.3 Å². The van der Waals surface area contributed by atoms with Gasteiger partial charge in [-0.1, -0.05) is 6.07 Å². The summed E-state index contributed by atoms with van der Waals surface area (Å²) in [5.41, 5.74) is 2.39. The molecule has 21 heavy (non-hydrogen) atoms. The van der Waals surface area contributed by atoms with E-state index in [-0.39, 0.29) is 23.7 Å². The summed E-state index contributed by atoms with van der Waals surface area (Å²) in [6.07, 6.45) is 2.18. The third-order valence-corrected chi connectivity index (χ3v) is 3.86. The van der Waals surface area contributed by atoms with Gasteiger partial charge >= 0.3 is 5.69 Å². The van der Waals surface area contributed by atoms with E-state index in [0.29, 0.717) is 6.04 Å². The van der Waals surface area contributed by atoms with Gasteiger partial charge in [-0.05, 0) is 44.4 Å². The number of aromatic nitrogens is 2. The van der Waals surface area contributed by atoms with Crippen molar-refractivity contribution in [3.63, 3.8) is 0 Å². The Balaban J connectivity index is 1.68. The van der Waals surface area contributed by atoms with E-state index in [4.69, 9.17) is 0 Å². The SMILES string of the molecule is CC(NC(C)c1ccc2[nH]c(=O)[nH]c2c1)C(=O)NC1CC1. The molecule has 1 aliphatic rings. The molecule has 1 aliphatic carbocycles. The van der Waals surface area contributed by atoms with Crippen molar-refractivity contribution in [1.29, 1.82) is 0 Å². The largest absolute Gasteiger partial charge is 0.352 e. The van der Waals surface area contributed by atoms with Crippen molar-refractivity contribution in [2.75, 3.05) is 0 Å². The lowest BCUT2D eigenvalue weighted by Gasteiger charge is -2.20. The zero-order valence-corrected chi connectivity index (χ0v) is 12.2. The number of H-pyrrole nitrogens is 2.